The quantitative estimate of drug-likeness (QED) is 0.647. The fourth-order valence-electron chi connectivity index (χ4n) is 5.86. The minimum absolute atomic E-state index is 0.363. The Morgan fingerprint density at radius 1 is 0.970 bits per heavy atom. The van der Waals surface area contributed by atoms with Crippen LogP contribution in [0.25, 0.3) is 10.8 Å². The van der Waals surface area contributed by atoms with Gasteiger partial charge < -0.3 is 9.64 Å². The number of piperidine rings is 1. The number of thioether (sulfide) groups is 1. The van der Waals surface area contributed by atoms with Crippen molar-refractivity contribution in [2.45, 2.75) is 31.8 Å². The molecule has 3 heterocycles. The number of likely N-dealkylation sites (tertiary alicyclic amines) is 1. The smallest absolute Gasteiger partial charge is 0.222 e. The molecule has 2 aromatic rings. The molecule has 1 amide bonds. The van der Waals surface area contributed by atoms with Crippen molar-refractivity contribution in [3.63, 3.8) is 0 Å². The van der Waals surface area contributed by atoms with Gasteiger partial charge in [-0.1, -0.05) is 42.5 Å². The molecule has 0 bridgehead atoms. The molecule has 3 saturated heterocycles. The molecular weight excluding hydrogens is 430 g/mol. The van der Waals surface area contributed by atoms with E-state index in [0.717, 1.165) is 77.0 Å². The van der Waals surface area contributed by atoms with E-state index in [-0.39, 0.29) is 0 Å². The van der Waals surface area contributed by atoms with Gasteiger partial charge in [0.25, 0.3) is 0 Å². The molecule has 3 fully saturated rings. The first-order chi connectivity index (χ1) is 16.3. The summed E-state index contributed by atoms with van der Waals surface area (Å²) in [5, 5.41) is 2.69. The third kappa shape index (κ3) is 5.73. The van der Waals surface area contributed by atoms with Crippen LogP contribution in [-0.2, 0) is 16.1 Å². The van der Waals surface area contributed by atoms with E-state index in [1.54, 1.807) is 0 Å². The molecule has 3 aliphatic rings. The molecule has 33 heavy (non-hydrogen) atoms. The summed E-state index contributed by atoms with van der Waals surface area (Å²) in [5.74, 6) is 3.08. The van der Waals surface area contributed by atoms with Gasteiger partial charge in [0.05, 0.1) is 13.2 Å². The monoisotopic (exact) mass is 467 g/mol. The summed E-state index contributed by atoms with van der Waals surface area (Å²) >= 11 is 1.96. The van der Waals surface area contributed by atoms with Gasteiger partial charge in [-0.15, -0.1) is 0 Å². The fourth-order valence-corrected chi connectivity index (χ4v) is 6.77. The molecule has 0 spiro atoms. The lowest BCUT2D eigenvalue weighted by Gasteiger charge is -2.45. The minimum atomic E-state index is 0.363. The number of ether oxygens (including phenoxy) is 1. The highest BCUT2D eigenvalue weighted by Crippen LogP contribution is 2.29. The zero-order chi connectivity index (χ0) is 22.5. The van der Waals surface area contributed by atoms with Crippen molar-refractivity contribution < 1.29 is 9.53 Å². The molecule has 0 aliphatic carbocycles. The third-order valence-electron chi connectivity index (χ3n) is 7.66. The molecule has 178 valence electrons. The number of fused-ring (bicyclic) bond motifs is 1. The molecule has 2 atom stereocenters. The maximum atomic E-state index is 12.9. The molecule has 5 nitrogen and oxygen atoms in total. The van der Waals surface area contributed by atoms with Crippen LogP contribution < -0.4 is 0 Å². The van der Waals surface area contributed by atoms with E-state index in [1.807, 2.05) is 11.8 Å². The number of carbonyl (C=O) groups is 1. The van der Waals surface area contributed by atoms with E-state index in [0.29, 0.717) is 24.3 Å². The summed E-state index contributed by atoms with van der Waals surface area (Å²) in [4.78, 5) is 20.3. The molecule has 0 radical (unpaired) electrons. The molecule has 0 saturated carbocycles. The van der Waals surface area contributed by atoms with Gasteiger partial charge in [-0.25, -0.2) is 0 Å². The Kier molecular flexibility index (Phi) is 7.87. The molecule has 0 aromatic heterocycles. The van der Waals surface area contributed by atoms with Gasteiger partial charge in [-0.3, -0.25) is 14.6 Å². The lowest BCUT2D eigenvalue weighted by Crippen LogP contribution is -2.54. The number of morpholine rings is 1. The zero-order valence-corrected chi connectivity index (χ0v) is 20.5. The van der Waals surface area contributed by atoms with Crippen LogP contribution in [0.4, 0.5) is 0 Å². The summed E-state index contributed by atoms with van der Waals surface area (Å²) < 4.78 is 5.63. The van der Waals surface area contributed by atoms with Crippen molar-refractivity contribution in [2.24, 2.45) is 5.92 Å². The number of benzene rings is 2. The number of hydrogen-bond acceptors (Lipinski definition) is 5. The first-order valence-corrected chi connectivity index (χ1v) is 13.8. The van der Waals surface area contributed by atoms with Gasteiger partial charge in [0, 0.05) is 63.2 Å². The standard InChI is InChI=1S/C27H37N3O2S/c31-27(30-14-18-33-19-15-30)9-8-24-21-28(11-10-26(24)29-12-16-32-17-13-29)20-23-6-3-5-22-4-1-2-7-25(22)23/h1-7,24,26H,8-21H2/t24-,26+/m1/s1. The summed E-state index contributed by atoms with van der Waals surface area (Å²) in [6.45, 7) is 8.78. The Balaban J connectivity index is 1.26. The van der Waals surface area contributed by atoms with Crippen LogP contribution in [0.3, 0.4) is 0 Å². The van der Waals surface area contributed by atoms with Crippen LogP contribution in [0, 0.1) is 5.92 Å². The van der Waals surface area contributed by atoms with E-state index < -0.39 is 0 Å². The number of carbonyl (C=O) groups excluding carboxylic acids is 1. The van der Waals surface area contributed by atoms with Crippen LogP contribution in [0.5, 0.6) is 0 Å². The van der Waals surface area contributed by atoms with E-state index in [9.17, 15) is 4.79 Å². The Labute approximate surface area is 202 Å². The van der Waals surface area contributed by atoms with Gasteiger partial charge in [-0.2, -0.15) is 11.8 Å². The second kappa shape index (κ2) is 11.2. The second-order valence-corrected chi connectivity index (χ2v) is 10.9. The van der Waals surface area contributed by atoms with Gasteiger partial charge in [-0.05, 0) is 41.6 Å². The van der Waals surface area contributed by atoms with Crippen molar-refractivity contribution in [3.8, 4) is 0 Å². The normalized spacial score (nSPS) is 25.4. The van der Waals surface area contributed by atoms with Crippen molar-refractivity contribution in [2.75, 3.05) is 64.0 Å². The van der Waals surface area contributed by atoms with Crippen molar-refractivity contribution >= 4 is 28.4 Å². The lowest BCUT2D eigenvalue weighted by molar-refractivity contribution is -0.131. The molecule has 0 unspecified atom stereocenters. The Hall–Kier alpha value is -1.60. The first-order valence-electron chi connectivity index (χ1n) is 12.6. The van der Waals surface area contributed by atoms with E-state index >= 15 is 0 Å². The second-order valence-electron chi connectivity index (χ2n) is 9.67. The van der Waals surface area contributed by atoms with Crippen molar-refractivity contribution in [1.82, 2.24) is 14.7 Å². The third-order valence-corrected chi connectivity index (χ3v) is 8.60. The highest BCUT2D eigenvalue weighted by molar-refractivity contribution is 7.99. The Morgan fingerprint density at radius 2 is 1.76 bits per heavy atom. The lowest BCUT2D eigenvalue weighted by atomic mass is 9.86. The maximum absolute atomic E-state index is 12.9. The molecule has 2 aromatic carbocycles. The molecule has 6 heteroatoms. The zero-order valence-electron chi connectivity index (χ0n) is 19.7. The van der Waals surface area contributed by atoms with Gasteiger partial charge in [0.15, 0.2) is 0 Å². The van der Waals surface area contributed by atoms with E-state index in [4.69, 9.17) is 4.74 Å². The van der Waals surface area contributed by atoms with E-state index in [2.05, 4.69) is 57.2 Å². The molecule has 5 rings (SSSR count). The number of amides is 1. The topological polar surface area (TPSA) is 36.0 Å². The summed E-state index contributed by atoms with van der Waals surface area (Å²) in [6.07, 6.45) is 2.87. The van der Waals surface area contributed by atoms with Gasteiger partial charge in [0.1, 0.15) is 0 Å². The minimum Gasteiger partial charge on any atom is -0.379 e. The molecule has 3 aliphatic heterocycles. The highest BCUT2D eigenvalue weighted by Gasteiger charge is 2.34. The average Bonchev–Trinajstić information content (AvgIpc) is 2.88. The Bertz CT molecular complexity index is 921. The largest absolute Gasteiger partial charge is 0.379 e. The van der Waals surface area contributed by atoms with Crippen LogP contribution in [0.2, 0.25) is 0 Å². The van der Waals surface area contributed by atoms with Crippen LogP contribution in [-0.4, -0.2) is 90.6 Å². The fraction of sp³-hybridized carbons (Fsp3) is 0.593. The predicted octanol–water partition coefficient (Wildman–Crippen LogP) is 3.72. The van der Waals surface area contributed by atoms with Crippen molar-refractivity contribution in [3.05, 3.63) is 48.0 Å². The van der Waals surface area contributed by atoms with Crippen LogP contribution in [0.15, 0.2) is 42.5 Å². The average molecular weight is 468 g/mol. The van der Waals surface area contributed by atoms with Crippen LogP contribution in [0.1, 0.15) is 24.8 Å². The summed E-state index contributed by atoms with van der Waals surface area (Å²) in [7, 11) is 0. The summed E-state index contributed by atoms with van der Waals surface area (Å²) in [6, 6.07) is 16.0. The predicted molar refractivity (Wildman–Crippen MR) is 137 cm³/mol. The Morgan fingerprint density at radius 3 is 2.61 bits per heavy atom. The van der Waals surface area contributed by atoms with Crippen molar-refractivity contribution in [1.29, 1.82) is 0 Å². The maximum Gasteiger partial charge on any atom is 0.222 e. The highest BCUT2D eigenvalue weighted by atomic mass is 32.2. The number of rotatable bonds is 6. The number of nitrogens with zero attached hydrogens (tertiary/aromatic N) is 3. The van der Waals surface area contributed by atoms with E-state index in [1.165, 1.54) is 22.8 Å². The SMILES string of the molecule is O=C(CC[C@@H]1CN(Cc2cccc3ccccc23)CC[C@@H]1N1CCOCC1)N1CCSCC1. The van der Waals surface area contributed by atoms with Crippen LogP contribution >= 0.6 is 11.8 Å². The van der Waals surface area contributed by atoms with Gasteiger partial charge >= 0.3 is 0 Å². The molecular formula is C27H37N3O2S. The number of hydrogen-bond donors (Lipinski definition) is 0. The molecule has 0 N–H and O–H groups in total. The van der Waals surface area contributed by atoms with Gasteiger partial charge in [0.2, 0.25) is 5.91 Å². The summed E-state index contributed by atoms with van der Waals surface area (Å²) in [5.41, 5.74) is 1.42. The first kappa shape index (κ1) is 23.2.